The summed E-state index contributed by atoms with van der Waals surface area (Å²) in [7, 11) is 3.30. The van der Waals surface area contributed by atoms with Crippen molar-refractivity contribution in [2.24, 2.45) is 0 Å². The Labute approximate surface area is 192 Å². The van der Waals surface area contributed by atoms with E-state index in [0.29, 0.717) is 24.6 Å². The summed E-state index contributed by atoms with van der Waals surface area (Å²) < 4.78 is 16.1. The first-order chi connectivity index (χ1) is 15.5. The van der Waals surface area contributed by atoms with Gasteiger partial charge in [0.05, 0.1) is 19.9 Å². The molecule has 0 atom stereocenters. The van der Waals surface area contributed by atoms with Crippen molar-refractivity contribution in [3.8, 4) is 22.1 Å². The summed E-state index contributed by atoms with van der Waals surface area (Å²) >= 11 is 1.42. The van der Waals surface area contributed by atoms with E-state index in [1.165, 1.54) is 16.9 Å². The second-order valence-electron chi connectivity index (χ2n) is 7.97. The number of nitrogens with zero attached hydrogens (tertiary/aromatic N) is 1. The van der Waals surface area contributed by atoms with Gasteiger partial charge in [-0.1, -0.05) is 12.1 Å². The van der Waals surface area contributed by atoms with Crippen LogP contribution in [0, 0.1) is 6.92 Å². The zero-order valence-corrected chi connectivity index (χ0v) is 19.5. The average Bonchev–Trinajstić information content (AvgIpc) is 3.25. The molecule has 1 fully saturated rings. The topological polar surface area (TPSA) is 69.7 Å². The summed E-state index contributed by atoms with van der Waals surface area (Å²) in [6, 6.07) is 15.8. The highest BCUT2D eigenvalue weighted by atomic mass is 32.1. The third kappa shape index (κ3) is 4.64. The number of aromatic nitrogens is 1. The quantitative estimate of drug-likeness (QED) is 0.567. The van der Waals surface area contributed by atoms with Crippen LogP contribution in [0.4, 0.5) is 0 Å². The summed E-state index contributed by atoms with van der Waals surface area (Å²) in [5.74, 6) is 1.53. The van der Waals surface area contributed by atoms with Gasteiger partial charge in [-0.15, -0.1) is 11.3 Å². The smallest absolute Gasteiger partial charge is 0.263 e. The number of hydrogen-bond donors (Lipinski definition) is 1. The molecule has 1 aliphatic rings. The normalized spacial score (nSPS) is 15.2. The molecule has 4 rings (SSSR count). The second-order valence-corrected chi connectivity index (χ2v) is 8.97. The van der Waals surface area contributed by atoms with Crippen LogP contribution in [-0.4, -0.2) is 44.9 Å². The first-order valence-corrected chi connectivity index (χ1v) is 11.5. The number of carbonyl (C=O) groups is 1. The molecule has 32 heavy (non-hydrogen) atoms. The van der Waals surface area contributed by atoms with Gasteiger partial charge in [-0.25, -0.2) is 4.98 Å². The summed E-state index contributed by atoms with van der Waals surface area (Å²) in [6.45, 7) is 3.80. The number of amides is 1. The first kappa shape index (κ1) is 22.3. The van der Waals surface area contributed by atoms with Gasteiger partial charge < -0.3 is 19.5 Å². The van der Waals surface area contributed by atoms with Crippen LogP contribution >= 0.6 is 11.3 Å². The minimum absolute atomic E-state index is 0.0841. The summed E-state index contributed by atoms with van der Waals surface area (Å²) in [5, 5.41) is 4.01. The maximum Gasteiger partial charge on any atom is 0.263 e. The Bertz CT molecular complexity index is 1050. The van der Waals surface area contributed by atoms with Crippen molar-refractivity contribution >= 4 is 17.2 Å². The fourth-order valence-corrected chi connectivity index (χ4v) is 5.06. The minimum Gasteiger partial charge on any atom is -0.497 e. The van der Waals surface area contributed by atoms with E-state index >= 15 is 0 Å². The van der Waals surface area contributed by atoms with E-state index in [1.807, 2.05) is 43.3 Å². The zero-order valence-electron chi connectivity index (χ0n) is 18.6. The molecule has 3 aromatic rings. The Balaban J connectivity index is 1.51. The number of methoxy groups -OCH3 is 2. The lowest BCUT2D eigenvalue weighted by Crippen LogP contribution is -2.44. The SMILES string of the molecule is COc1ccc(-c2nc(C)c(C(=O)NCC3(c4ccc(OC)cc4)CCOCC3)s2)cc1. The van der Waals surface area contributed by atoms with Crippen molar-refractivity contribution in [2.45, 2.75) is 25.2 Å². The Morgan fingerprint density at radius 3 is 2.22 bits per heavy atom. The van der Waals surface area contributed by atoms with Gasteiger partial charge in [-0.05, 0) is 61.7 Å². The molecule has 2 aromatic carbocycles. The number of rotatable bonds is 7. The highest BCUT2D eigenvalue weighted by molar-refractivity contribution is 7.17. The van der Waals surface area contributed by atoms with E-state index in [2.05, 4.69) is 22.4 Å². The van der Waals surface area contributed by atoms with E-state index in [1.54, 1.807) is 14.2 Å². The highest BCUT2D eigenvalue weighted by Crippen LogP contribution is 2.36. The van der Waals surface area contributed by atoms with Crippen molar-refractivity contribution < 1.29 is 19.0 Å². The van der Waals surface area contributed by atoms with Gasteiger partial charge >= 0.3 is 0 Å². The maximum atomic E-state index is 13.1. The molecule has 0 spiro atoms. The fraction of sp³-hybridized carbons (Fsp3) is 0.360. The largest absolute Gasteiger partial charge is 0.497 e. The number of carbonyl (C=O) groups excluding carboxylic acids is 1. The molecule has 0 aliphatic carbocycles. The van der Waals surface area contributed by atoms with Crippen LogP contribution in [0.1, 0.15) is 33.8 Å². The molecule has 1 N–H and O–H groups in total. The monoisotopic (exact) mass is 452 g/mol. The molecule has 7 heteroatoms. The molecule has 168 valence electrons. The summed E-state index contributed by atoms with van der Waals surface area (Å²) in [5.41, 5.74) is 2.75. The molecule has 6 nitrogen and oxygen atoms in total. The lowest BCUT2D eigenvalue weighted by molar-refractivity contribution is 0.0487. The van der Waals surface area contributed by atoms with E-state index in [0.717, 1.165) is 40.6 Å². The van der Waals surface area contributed by atoms with E-state index in [-0.39, 0.29) is 11.3 Å². The maximum absolute atomic E-state index is 13.1. The Kier molecular flexibility index (Phi) is 6.77. The number of hydrogen-bond acceptors (Lipinski definition) is 6. The van der Waals surface area contributed by atoms with Crippen molar-refractivity contribution in [3.63, 3.8) is 0 Å². The first-order valence-electron chi connectivity index (χ1n) is 10.7. The van der Waals surface area contributed by atoms with Gasteiger partial charge in [0.15, 0.2) is 0 Å². The van der Waals surface area contributed by atoms with Gasteiger partial charge in [0.2, 0.25) is 0 Å². The van der Waals surface area contributed by atoms with Gasteiger partial charge in [0.25, 0.3) is 5.91 Å². The van der Waals surface area contributed by atoms with Crippen LogP contribution in [0.5, 0.6) is 11.5 Å². The van der Waals surface area contributed by atoms with Crippen LogP contribution in [0.25, 0.3) is 10.6 Å². The molecule has 0 radical (unpaired) electrons. The van der Waals surface area contributed by atoms with Crippen LogP contribution in [0.15, 0.2) is 48.5 Å². The number of thiazole rings is 1. The van der Waals surface area contributed by atoms with Crippen LogP contribution in [0.2, 0.25) is 0 Å². The third-order valence-corrected chi connectivity index (χ3v) is 7.28. The Morgan fingerprint density at radius 1 is 1.03 bits per heavy atom. The lowest BCUT2D eigenvalue weighted by Gasteiger charge is -2.38. The van der Waals surface area contributed by atoms with Crippen LogP contribution in [-0.2, 0) is 10.2 Å². The minimum atomic E-state index is -0.155. The van der Waals surface area contributed by atoms with Gasteiger partial charge in [0.1, 0.15) is 21.4 Å². The second kappa shape index (κ2) is 9.71. The number of ether oxygens (including phenoxy) is 3. The van der Waals surface area contributed by atoms with E-state index < -0.39 is 0 Å². The van der Waals surface area contributed by atoms with Crippen molar-refractivity contribution in [2.75, 3.05) is 34.0 Å². The van der Waals surface area contributed by atoms with Crippen LogP contribution in [0.3, 0.4) is 0 Å². The third-order valence-electron chi connectivity index (χ3n) is 6.08. The van der Waals surface area contributed by atoms with E-state index in [9.17, 15) is 4.79 Å². The predicted octanol–water partition coefficient (Wildman–Crippen LogP) is 4.61. The molecular formula is C25H28N2O4S. The highest BCUT2D eigenvalue weighted by Gasteiger charge is 2.35. The van der Waals surface area contributed by atoms with E-state index in [4.69, 9.17) is 14.2 Å². The molecule has 2 heterocycles. The summed E-state index contributed by atoms with van der Waals surface area (Å²) in [6.07, 6.45) is 1.72. The van der Waals surface area contributed by atoms with Gasteiger partial charge in [-0.3, -0.25) is 4.79 Å². The van der Waals surface area contributed by atoms with Crippen LogP contribution < -0.4 is 14.8 Å². The molecule has 0 bridgehead atoms. The van der Waals surface area contributed by atoms with Crippen molar-refractivity contribution in [3.05, 3.63) is 64.7 Å². The summed E-state index contributed by atoms with van der Waals surface area (Å²) in [4.78, 5) is 18.4. The molecule has 1 amide bonds. The molecule has 1 aliphatic heterocycles. The predicted molar refractivity (Wildman–Crippen MR) is 126 cm³/mol. The number of nitrogens with one attached hydrogen (secondary N) is 1. The molecule has 1 aromatic heterocycles. The standard InChI is InChI=1S/C25H28N2O4S/c1-17-22(32-24(27-17)18-4-8-20(29-2)9-5-18)23(28)26-16-25(12-14-31-15-13-25)19-6-10-21(30-3)11-7-19/h4-11H,12-16H2,1-3H3,(H,26,28). The lowest BCUT2D eigenvalue weighted by atomic mass is 9.74. The molecule has 0 saturated carbocycles. The molecule has 0 unspecified atom stereocenters. The molecule has 1 saturated heterocycles. The number of aryl methyl sites for hydroxylation is 1. The fourth-order valence-electron chi connectivity index (χ4n) is 4.07. The number of benzene rings is 2. The zero-order chi connectivity index (χ0) is 22.6. The van der Waals surface area contributed by atoms with Gasteiger partial charge in [0, 0.05) is 30.7 Å². The van der Waals surface area contributed by atoms with Crippen molar-refractivity contribution in [1.29, 1.82) is 0 Å². The Morgan fingerprint density at radius 2 is 1.62 bits per heavy atom. The van der Waals surface area contributed by atoms with Gasteiger partial charge in [-0.2, -0.15) is 0 Å². The molecular weight excluding hydrogens is 424 g/mol. The van der Waals surface area contributed by atoms with Crippen molar-refractivity contribution in [1.82, 2.24) is 10.3 Å². The Hall–Kier alpha value is -2.90. The average molecular weight is 453 g/mol.